The van der Waals surface area contributed by atoms with Crippen LogP contribution < -0.4 is 11.1 Å². The van der Waals surface area contributed by atoms with E-state index in [0.29, 0.717) is 40.1 Å². The van der Waals surface area contributed by atoms with E-state index >= 15 is 0 Å². The molecule has 2 aromatic carbocycles. The number of nitrogens with zero attached hydrogens (tertiary/aromatic N) is 3. The molecule has 4 aromatic rings. The van der Waals surface area contributed by atoms with E-state index in [1.807, 2.05) is 45.0 Å². The van der Waals surface area contributed by atoms with Gasteiger partial charge >= 0.3 is 5.97 Å². The fraction of sp³-hybridized carbons (Fsp3) is 0.280. The van der Waals surface area contributed by atoms with Crippen molar-refractivity contribution in [3.05, 3.63) is 59.7 Å². The molecule has 8 nitrogen and oxygen atoms in total. The number of ether oxygens (including phenoxy) is 1. The SMILES string of the molecule is CCCOC(=O)c1ccc(-n2c(N)c(C(=O)NC(C)CC)c3nc4ccccc4nc32)cc1. The maximum Gasteiger partial charge on any atom is 0.338 e. The van der Waals surface area contributed by atoms with Crippen LogP contribution in [-0.2, 0) is 4.74 Å². The van der Waals surface area contributed by atoms with Gasteiger partial charge < -0.3 is 15.8 Å². The quantitative estimate of drug-likeness (QED) is 0.411. The first-order chi connectivity index (χ1) is 15.9. The summed E-state index contributed by atoms with van der Waals surface area (Å²) in [7, 11) is 0. The molecule has 0 aliphatic carbocycles. The summed E-state index contributed by atoms with van der Waals surface area (Å²) in [6, 6.07) is 14.3. The lowest BCUT2D eigenvalue weighted by Crippen LogP contribution is -2.32. The number of nitrogen functional groups attached to an aromatic ring is 1. The summed E-state index contributed by atoms with van der Waals surface area (Å²) in [5.74, 6) is -0.439. The number of nitrogens with two attached hydrogens (primary N) is 1. The van der Waals surface area contributed by atoms with Gasteiger partial charge in [0.25, 0.3) is 5.91 Å². The number of hydrogen-bond donors (Lipinski definition) is 2. The topological polar surface area (TPSA) is 112 Å². The average Bonchev–Trinajstić information content (AvgIpc) is 3.11. The van der Waals surface area contributed by atoms with Gasteiger partial charge in [0, 0.05) is 11.7 Å². The van der Waals surface area contributed by atoms with Gasteiger partial charge in [0.2, 0.25) is 0 Å². The highest BCUT2D eigenvalue weighted by Crippen LogP contribution is 2.31. The molecule has 0 radical (unpaired) electrons. The Bertz CT molecular complexity index is 1330. The molecule has 2 aromatic heterocycles. The van der Waals surface area contributed by atoms with Crippen LogP contribution in [0.1, 0.15) is 54.3 Å². The summed E-state index contributed by atoms with van der Waals surface area (Å²) < 4.78 is 6.90. The van der Waals surface area contributed by atoms with Crippen molar-refractivity contribution in [2.75, 3.05) is 12.3 Å². The highest BCUT2D eigenvalue weighted by molar-refractivity contribution is 6.11. The molecule has 0 aliphatic heterocycles. The first-order valence-electron chi connectivity index (χ1n) is 11.1. The molecule has 4 rings (SSSR count). The normalized spacial score (nSPS) is 12.1. The maximum absolute atomic E-state index is 13.1. The average molecular weight is 446 g/mol. The molecule has 33 heavy (non-hydrogen) atoms. The molecular weight excluding hydrogens is 418 g/mol. The van der Waals surface area contributed by atoms with Crippen molar-refractivity contribution in [2.24, 2.45) is 0 Å². The minimum Gasteiger partial charge on any atom is -0.462 e. The van der Waals surface area contributed by atoms with Gasteiger partial charge in [0.05, 0.1) is 23.2 Å². The number of para-hydroxylation sites is 2. The molecule has 1 atom stereocenters. The number of nitrogens with one attached hydrogen (secondary N) is 1. The van der Waals surface area contributed by atoms with Crippen molar-refractivity contribution in [3.8, 4) is 5.69 Å². The fourth-order valence-corrected chi connectivity index (χ4v) is 3.57. The van der Waals surface area contributed by atoms with E-state index in [0.717, 1.165) is 12.8 Å². The molecule has 1 unspecified atom stereocenters. The second-order valence-corrected chi connectivity index (χ2v) is 7.95. The largest absolute Gasteiger partial charge is 0.462 e. The van der Waals surface area contributed by atoms with Gasteiger partial charge in [-0.2, -0.15) is 0 Å². The van der Waals surface area contributed by atoms with Gasteiger partial charge in [-0.25, -0.2) is 14.8 Å². The summed E-state index contributed by atoms with van der Waals surface area (Å²) >= 11 is 0. The zero-order chi connectivity index (χ0) is 23.5. The third-order valence-electron chi connectivity index (χ3n) is 5.51. The lowest BCUT2D eigenvalue weighted by molar-refractivity contribution is 0.0505. The summed E-state index contributed by atoms with van der Waals surface area (Å²) in [6.45, 7) is 6.24. The molecule has 170 valence electrons. The number of carbonyl (C=O) groups is 2. The third-order valence-corrected chi connectivity index (χ3v) is 5.51. The number of amides is 1. The number of anilines is 1. The van der Waals surface area contributed by atoms with E-state index < -0.39 is 0 Å². The minimum absolute atomic E-state index is 0.0165. The Hall–Kier alpha value is -3.94. The molecule has 3 N–H and O–H groups in total. The van der Waals surface area contributed by atoms with Crippen LogP contribution in [-0.4, -0.2) is 39.1 Å². The standard InChI is InChI=1S/C25H27N5O3/c1-4-14-33-25(32)16-10-12-17(13-11-16)30-22(26)20(24(31)27-15(3)5-2)21-23(30)29-19-9-7-6-8-18(19)28-21/h6-13,15H,4-5,14,26H2,1-3H3,(H,27,31). The predicted octanol–water partition coefficient (Wildman–Crippen LogP) is 4.25. The van der Waals surface area contributed by atoms with Crippen LogP contribution in [0.25, 0.3) is 27.9 Å². The van der Waals surface area contributed by atoms with E-state index in [9.17, 15) is 9.59 Å². The Kier molecular flexibility index (Phi) is 6.26. The van der Waals surface area contributed by atoms with Crippen LogP contribution in [0.2, 0.25) is 0 Å². The Labute approximate surface area is 191 Å². The summed E-state index contributed by atoms with van der Waals surface area (Å²) in [4.78, 5) is 34.8. The number of benzene rings is 2. The first-order valence-corrected chi connectivity index (χ1v) is 11.1. The summed E-state index contributed by atoms with van der Waals surface area (Å²) in [6.07, 6.45) is 1.54. The van der Waals surface area contributed by atoms with Gasteiger partial charge in [-0.1, -0.05) is 26.0 Å². The van der Waals surface area contributed by atoms with E-state index in [1.165, 1.54) is 0 Å². The van der Waals surface area contributed by atoms with Crippen LogP contribution in [0.5, 0.6) is 0 Å². The van der Waals surface area contributed by atoms with Crippen LogP contribution >= 0.6 is 0 Å². The fourth-order valence-electron chi connectivity index (χ4n) is 3.57. The van der Waals surface area contributed by atoms with Gasteiger partial charge in [0.1, 0.15) is 16.9 Å². The minimum atomic E-state index is -0.381. The molecule has 0 saturated carbocycles. The molecule has 2 heterocycles. The van der Waals surface area contributed by atoms with Crippen molar-refractivity contribution in [3.63, 3.8) is 0 Å². The van der Waals surface area contributed by atoms with Crippen molar-refractivity contribution in [1.82, 2.24) is 19.9 Å². The smallest absolute Gasteiger partial charge is 0.338 e. The van der Waals surface area contributed by atoms with E-state index in [1.54, 1.807) is 28.8 Å². The van der Waals surface area contributed by atoms with Crippen LogP contribution in [0.15, 0.2) is 48.5 Å². The number of fused-ring (bicyclic) bond motifs is 2. The number of aromatic nitrogens is 3. The number of rotatable bonds is 7. The molecule has 0 bridgehead atoms. The summed E-state index contributed by atoms with van der Waals surface area (Å²) in [5, 5.41) is 2.97. The molecule has 8 heteroatoms. The lowest BCUT2D eigenvalue weighted by atomic mass is 10.2. The van der Waals surface area contributed by atoms with Crippen LogP contribution in [0.3, 0.4) is 0 Å². The first kappa shape index (κ1) is 22.3. The second kappa shape index (κ2) is 9.28. The summed E-state index contributed by atoms with van der Waals surface area (Å²) in [5.41, 5.74) is 10.2. The zero-order valence-corrected chi connectivity index (χ0v) is 19.0. The molecule has 0 aliphatic rings. The van der Waals surface area contributed by atoms with Gasteiger partial charge in [-0.15, -0.1) is 0 Å². The van der Waals surface area contributed by atoms with Crippen molar-refractivity contribution in [2.45, 2.75) is 39.7 Å². The molecule has 0 saturated heterocycles. The third kappa shape index (κ3) is 4.24. The van der Waals surface area contributed by atoms with Crippen LogP contribution in [0, 0.1) is 0 Å². The monoisotopic (exact) mass is 445 g/mol. The molecule has 0 fully saturated rings. The Morgan fingerprint density at radius 2 is 1.73 bits per heavy atom. The lowest BCUT2D eigenvalue weighted by Gasteiger charge is -2.12. The van der Waals surface area contributed by atoms with E-state index in [4.69, 9.17) is 20.4 Å². The molecule has 1 amide bonds. The zero-order valence-electron chi connectivity index (χ0n) is 19.0. The van der Waals surface area contributed by atoms with Crippen molar-refractivity contribution < 1.29 is 14.3 Å². The Balaban J connectivity index is 1.87. The van der Waals surface area contributed by atoms with E-state index in [2.05, 4.69) is 5.32 Å². The molecular formula is C25H27N5O3. The van der Waals surface area contributed by atoms with Crippen molar-refractivity contribution >= 4 is 39.9 Å². The Morgan fingerprint density at radius 3 is 2.36 bits per heavy atom. The number of carbonyl (C=O) groups excluding carboxylic acids is 2. The highest BCUT2D eigenvalue weighted by atomic mass is 16.5. The van der Waals surface area contributed by atoms with Crippen LogP contribution in [0.4, 0.5) is 5.82 Å². The van der Waals surface area contributed by atoms with Gasteiger partial charge in [-0.05, 0) is 56.2 Å². The van der Waals surface area contributed by atoms with Gasteiger partial charge in [0.15, 0.2) is 5.65 Å². The second-order valence-electron chi connectivity index (χ2n) is 7.95. The number of hydrogen-bond acceptors (Lipinski definition) is 6. The van der Waals surface area contributed by atoms with E-state index in [-0.39, 0.29) is 29.3 Å². The number of esters is 1. The maximum atomic E-state index is 13.1. The molecule has 0 spiro atoms. The predicted molar refractivity (Wildman–Crippen MR) is 129 cm³/mol. The van der Waals surface area contributed by atoms with Gasteiger partial charge in [-0.3, -0.25) is 9.36 Å². The highest BCUT2D eigenvalue weighted by Gasteiger charge is 2.25. The Morgan fingerprint density at radius 1 is 1.06 bits per heavy atom. The van der Waals surface area contributed by atoms with Crippen molar-refractivity contribution in [1.29, 1.82) is 0 Å².